The van der Waals surface area contributed by atoms with Crippen molar-refractivity contribution in [3.05, 3.63) is 58.1 Å². The quantitative estimate of drug-likeness (QED) is 0.748. The number of hydrogen-bond donors (Lipinski definition) is 1. The van der Waals surface area contributed by atoms with Crippen LogP contribution in [0, 0.1) is 12.8 Å². The highest BCUT2D eigenvalue weighted by Crippen LogP contribution is 2.25. The van der Waals surface area contributed by atoms with Crippen LogP contribution in [0.3, 0.4) is 0 Å². The molecule has 2 aromatic rings. The molecule has 0 radical (unpaired) electrons. The van der Waals surface area contributed by atoms with Crippen LogP contribution in [0.25, 0.3) is 0 Å². The third-order valence-electron chi connectivity index (χ3n) is 4.93. The minimum atomic E-state index is -3.48. The largest absolute Gasteiger partial charge is 0.322 e. The van der Waals surface area contributed by atoms with Crippen LogP contribution in [0.15, 0.2) is 51.8 Å². The van der Waals surface area contributed by atoms with Gasteiger partial charge in [-0.05, 0) is 67.6 Å². The lowest BCUT2D eigenvalue weighted by molar-refractivity contribution is 0.102. The number of nitrogens with one attached hydrogen (secondary N) is 1. The number of benzene rings is 2. The fourth-order valence-corrected chi connectivity index (χ4v) is 4.87. The van der Waals surface area contributed by atoms with Crippen molar-refractivity contribution in [3.8, 4) is 0 Å². The highest BCUT2D eigenvalue weighted by Gasteiger charge is 2.27. The zero-order valence-corrected chi connectivity index (χ0v) is 17.8. The minimum Gasteiger partial charge on any atom is -0.322 e. The maximum Gasteiger partial charge on any atom is 0.255 e. The summed E-state index contributed by atoms with van der Waals surface area (Å²) in [6.45, 7) is 5.22. The Balaban J connectivity index is 1.71. The van der Waals surface area contributed by atoms with Gasteiger partial charge >= 0.3 is 0 Å². The molecule has 2 aromatic carbocycles. The van der Waals surface area contributed by atoms with Crippen molar-refractivity contribution >= 4 is 37.5 Å². The van der Waals surface area contributed by atoms with E-state index in [4.69, 9.17) is 0 Å². The van der Waals surface area contributed by atoms with Gasteiger partial charge in [-0.15, -0.1) is 0 Å². The highest BCUT2D eigenvalue weighted by atomic mass is 79.9. The summed E-state index contributed by atoms with van der Waals surface area (Å²) in [6, 6.07) is 11.7. The van der Waals surface area contributed by atoms with Crippen molar-refractivity contribution in [1.29, 1.82) is 0 Å². The molecule has 1 aliphatic rings. The standard InChI is InChI=1S/C20H23BrN2O3S/c1-14-9-11-23(12-10-14)27(25,26)18-7-5-17(6-8-18)22-20(24)16-4-3-15(2)19(21)13-16/h3-8,13-14H,9-12H2,1-2H3,(H,22,24). The number of aryl methyl sites for hydroxylation is 1. The molecule has 0 bridgehead atoms. The van der Waals surface area contributed by atoms with Gasteiger partial charge in [0.05, 0.1) is 4.90 Å². The molecule has 1 N–H and O–H groups in total. The van der Waals surface area contributed by atoms with Gasteiger partial charge in [0, 0.05) is 28.8 Å². The van der Waals surface area contributed by atoms with Crippen LogP contribution in [-0.4, -0.2) is 31.7 Å². The number of halogens is 1. The van der Waals surface area contributed by atoms with Crippen molar-refractivity contribution in [3.63, 3.8) is 0 Å². The summed E-state index contributed by atoms with van der Waals surface area (Å²) in [7, 11) is -3.48. The monoisotopic (exact) mass is 450 g/mol. The lowest BCUT2D eigenvalue weighted by Crippen LogP contribution is -2.37. The summed E-state index contributed by atoms with van der Waals surface area (Å²) < 4.78 is 27.9. The maximum atomic E-state index is 12.8. The Labute approximate surface area is 169 Å². The Bertz CT molecular complexity index is 934. The van der Waals surface area contributed by atoms with Crippen molar-refractivity contribution < 1.29 is 13.2 Å². The average molecular weight is 451 g/mol. The minimum absolute atomic E-state index is 0.240. The predicted octanol–water partition coefficient (Wildman–Crippen LogP) is 4.43. The topological polar surface area (TPSA) is 66.5 Å². The molecule has 0 atom stereocenters. The molecule has 0 spiro atoms. The van der Waals surface area contributed by atoms with Gasteiger partial charge in [-0.25, -0.2) is 8.42 Å². The van der Waals surface area contributed by atoms with Crippen molar-refractivity contribution in [2.75, 3.05) is 18.4 Å². The number of sulfonamides is 1. The predicted molar refractivity (Wildman–Crippen MR) is 110 cm³/mol. The molecule has 0 aliphatic carbocycles. The molecular weight excluding hydrogens is 428 g/mol. The molecule has 1 fully saturated rings. The van der Waals surface area contributed by atoms with Crippen LogP contribution >= 0.6 is 15.9 Å². The normalized spacial score (nSPS) is 16.3. The van der Waals surface area contributed by atoms with Gasteiger partial charge in [0.15, 0.2) is 0 Å². The Morgan fingerprint density at radius 1 is 1.11 bits per heavy atom. The number of amides is 1. The SMILES string of the molecule is Cc1ccc(C(=O)Nc2ccc(S(=O)(=O)N3CCC(C)CC3)cc2)cc1Br. The molecule has 0 saturated carbocycles. The summed E-state index contributed by atoms with van der Waals surface area (Å²) in [5.41, 5.74) is 2.14. The van der Waals surface area contributed by atoms with Gasteiger partial charge in [0.2, 0.25) is 10.0 Å². The molecule has 1 amide bonds. The number of carbonyl (C=O) groups excluding carboxylic acids is 1. The number of anilines is 1. The van der Waals surface area contributed by atoms with Crippen LogP contribution in [0.1, 0.15) is 35.7 Å². The first-order valence-corrected chi connectivity index (χ1v) is 11.2. The van der Waals surface area contributed by atoms with Gasteiger partial charge < -0.3 is 5.32 Å². The van der Waals surface area contributed by atoms with Crippen molar-refractivity contribution in [1.82, 2.24) is 4.31 Å². The third-order valence-corrected chi connectivity index (χ3v) is 7.69. The summed E-state index contributed by atoms with van der Waals surface area (Å²) in [5.74, 6) is 0.326. The van der Waals surface area contributed by atoms with Gasteiger partial charge in [-0.3, -0.25) is 4.79 Å². The molecule has 5 nitrogen and oxygen atoms in total. The first-order chi connectivity index (χ1) is 12.8. The fraction of sp³-hybridized carbons (Fsp3) is 0.350. The smallest absolute Gasteiger partial charge is 0.255 e. The molecule has 27 heavy (non-hydrogen) atoms. The molecule has 1 saturated heterocycles. The molecule has 1 heterocycles. The van der Waals surface area contributed by atoms with E-state index in [1.165, 1.54) is 0 Å². The second-order valence-corrected chi connectivity index (χ2v) is 9.82. The number of hydrogen-bond acceptors (Lipinski definition) is 3. The molecular formula is C20H23BrN2O3S. The Morgan fingerprint density at radius 2 is 1.74 bits per heavy atom. The van der Waals surface area contributed by atoms with E-state index < -0.39 is 10.0 Å². The summed E-state index contributed by atoms with van der Waals surface area (Å²) in [5, 5.41) is 2.80. The lowest BCUT2D eigenvalue weighted by Gasteiger charge is -2.29. The third kappa shape index (κ3) is 4.59. The maximum absolute atomic E-state index is 12.8. The lowest BCUT2D eigenvalue weighted by atomic mass is 10.0. The van der Waals surface area contributed by atoms with Gasteiger partial charge in [0.25, 0.3) is 5.91 Å². The number of rotatable bonds is 4. The summed E-state index contributed by atoms with van der Waals surface area (Å²) in [4.78, 5) is 12.6. The number of nitrogens with zero attached hydrogens (tertiary/aromatic N) is 1. The van der Waals surface area contributed by atoms with Crippen molar-refractivity contribution in [2.45, 2.75) is 31.6 Å². The van der Waals surface area contributed by atoms with Gasteiger partial charge in [0.1, 0.15) is 0 Å². The second-order valence-electron chi connectivity index (χ2n) is 7.03. The van der Waals surface area contributed by atoms with Crippen LogP contribution in [-0.2, 0) is 10.0 Å². The molecule has 3 rings (SSSR count). The Kier molecular flexibility index (Phi) is 6.03. The molecule has 144 valence electrons. The van der Waals surface area contributed by atoms with E-state index in [1.54, 1.807) is 40.7 Å². The van der Waals surface area contributed by atoms with Crippen LogP contribution in [0.4, 0.5) is 5.69 Å². The van der Waals surface area contributed by atoms with E-state index in [2.05, 4.69) is 28.2 Å². The first kappa shape index (κ1) is 20.0. The summed E-state index contributed by atoms with van der Waals surface area (Å²) in [6.07, 6.45) is 1.78. The fourth-order valence-electron chi connectivity index (χ4n) is 3.02. The van der Waals surface area contributed by atoms with Crippen molar-refractivity contribution in [2.24, 2.45) is 5.92 Å². The zero-order valence-electron chi connectivity index (χ0n) is 15.4. The van der Waals surface area contributed by atoms with E-state index in [-0.39, 0.29) is 10.8 Å². The van der Waals surface area contributed by atoms with E-state index in [0.29, 0.717) is 30.3 Å². The second kappa shape index (κ2) is 8.12. The summed E-state index contributed by atoms with van der Waals surface area (Å²) >= 11 is 3.42. The average Bonchev–Trinajstić information content (AvgIpc) is 2.64. The van der Waals surface area contributed by atoms with Crippen LogP contribution in [0.5, 0.6) is 0 Å². The Hall–Kier alpha value is -1.70. The van der Waals surface area contributed by atoms with E-state index >= 15 is 0 Å². The first-order valence-electron chi connectivity index (χ1n) is 8.95. The van der Waals surface area contributed by atoms with E-state index in [9.17, 15) is 13.2 Å². The highest BCUT2D eigenvalue weighted by molar-refractivity contribution is 9.10. The Morgan fingerprint density at radius 3 is 2.33 bits per heavy atom. The van der Waals surface area contributed by atoms with Crippen LogP contribution in [0.2, 0.25) is 0 Å². The number of carbonyl (C=O) groups is 1. The molecule has 0 unspecified atom stereocenters. The number of piperidine rings is 1. The van der Waals surface area contributed by atoms with E-state index in [0.717, 1.165) is 22.9 Å². The van der Waals surface area contributed by atoms with Gasteiger partial charge in [-0.1, -0.05) is 28.9 Å². The molecule has 1 aliphatic heterocycles. The van der Waals surface area contributed by atoms with E-state index in [1.807, 2.05) is 13.0 Å². The molecule has 0 aromatic heterocycles. The zero-order chi connectivity index (χ0) is 19.6. The van der Waals surface area contributed by atoms with Crippen LogP contribution < -0.4 is 5.32 Å². The van der Waals surface area contributed by atoms with Gasteiger partial charge in [-0.2, -0.15) is 4.31 Å². The molecule has 7 heteroatoms.